The normalized spacial score (nSPS) is 28.8. The van der Waals surface area contributed by atoms with Gasteiger partial charge in [0.2, 0.25) is 10.0 Å². The highest BCUT2D eigenvalue weighted by Crippen LogP contribution is 2.20. The third-order valence-corrected chi connectivity index (χ3v) is 5.41. The zero-order chi connectivity index (χ0) is 12.4. The second kappa shape index (κ2) is 5.02. The highest BCUT2D eigenvalue weighted by Gasteiger charge is 2.33. The second-order valence-electron chi connectivity index (χ2n) is 5.64. The summed E-state index contributed by atoms with van der Waals surface area (Å²) in [6.45, 7) is 5.12. The number of hydrogen-bond acceptors (Lipinski definition) is 3. The Morgan fingerprint density at radius 3 is 2.25 bits per heavy atom. The van der Waals surface area contributed by atoms with E-state index in [1.807, 2.05) is 0 Å². The Morgan fingerprint density at radius 1 is 1.12 bits per heavy atom. The molecule has 0 aromatic heterocycles. The van der Waals surface area contributed by atoms with Crippen LogP contribution in [0.4, 0.5) is 0 Å². The van der Waals surface area contributed by atoms with Crippen LogP contribution in [0.15, 0.2) is 0 Å². The van der Waals surface area contributed by atoms with E-state index in [4.69, 9.17) is 5.73 Å². The first-order valence-electron chi connectivity index (χ1n) is 6.01. The van der Waals surface area contributed by atoms with Crippen molar-refractivity contribution in [1.82, 2.24) is 4.72 Å². The minimum Gasteiger partial charge on any atom is -0.326 e. The maximum Gasteiger partial charge on any atom is 0.216 e. The van der Waals surface area contributed by atoms with Crippen molar-refractivity contribution in [2.45, 2.75) is 69.7 Å². The van der Waals surface area contributed by atoms with Gasteiger partial charge in [0.1, 0.15) is 0 Å². The topological polar surface area (TPSA) is 72.2 Å². The van der Waals surface area contributed by atoms with Crippen LogP contribution in [0.25, 0.3) is 0 Å². The van der Waals surface area contributed by atoms with Crippen LogP contribution >= 0.6 is 0 Å². The van der Waals surface area contributed by atoms with Crippen LogP contribution in [0.3, 0.4) is 0 Å². The molecule has 1 rings (SSSR count). The van der Waals surface area contributed by atoms with Crippen molar-refractivity contribution < 1.29 is 8.42 Å². The Labute approximate surface area is 99.0 Å². The van der Waals surface area contributed by atoms with E-state index in [1.165, 1.54) is 0 Å². The van der Waals surface area contributed by atoms with Gasteiger partial charge in [-0.05, 0) is 33.6 Å². The van der Waals surface area contributed by atoms with Crippen LogP contribution < -0.4 is 10.5 Å². The lowest BCUT2D eigenvalue weighted by Crippen LogP contribution is -2.51. The molecular formula is C11H24N2O2S. The highest BCUT2D eigenvalue weighted by molar-refractivity contribution is 7.90. The van der Waals surface area contributed by atoms with Gasteiger partial charge in [-0.15, -0.1) is 0 Å². The standard InChI is InChI=1S/C11H24N2O2S/c1-11(2,3)16(14,15)13-10-8-6-4-5-7-9(10)12/h9-10,13H,4-8,12H2,1-3H3. The van der Waals surface area contributed by atoms with E-state index in [1.54, 1.807) is 20.8 Å². The minimum absolute atomic E-state index is 0.0420. The number of hydrogen-bond donors (Lipinski definition) is 2. The molecule has 0 aromatic carbocycles. The van der Waals surface area contributed by atoms with Gasteiger partial charge in [-0.3, -0.25) is 0 Å². The lowest BCUT2D eigenvalue weighted by Gasteiger charge is -2.27. The van der Waals surface area contributed by atoms with Gasteiger partial charge in [0, 0.05) is 12.1 Å². The van der Waals surface area contributed by atoms with E-state index in [0.29, 0.717) is 0 Å². The third kappa shape index (κ3) is 3.43. The van der Waals surface area contributed by atoms with Crippen LogP contribution in [0.5, 0.6) is 0 Å². The molecule has 0 aromatic rings. The average Bonchev–Trinajstić information content (AvgIpc) is 2.30. The molecule has 1 aliphatic rings. The highest BCUT2D eigenvalue weighted by atomic mass is 32.2. The molecule has 2 atom stereocenters. The van der Waals surface area contributed by atoms with Gasteiger partial charge >= 0.3 is 0 Å². The van der Waals surface area contributed by atoms with E-state index < -0.39 is 14.8 Å². The summed E-state index contributed by atoms with van der Waals surface area (Å²) in [5.74, 6) is 0. The lowest BCUT2D eigenvalue weighted by atomic mass is 10.1. The minimum atomic E-state index is -3.28. The van der Waals surface area contributed by atoms with Crippen molar-refractivity contribution in [2.75, 3.05) is 0 Å². The molecule has 96 valence electrons. The third-order valence-electron chi connectivity index (χ3n) is 3.18. The molecule has 5 heteroatoms. The fourth-order valence-corrected chi connectivity index (χ4v) is 2.90. The van der Waals surface area contributed by atoms with Gasteiger partial charge in [-0.2, -0.15) is 0 Å². The fourth-order valence-electron chi connectivity index (χ4n) is 1.86. The van der Waals surface area contributed by atoms with Crippen molar-refractivity contribution >= 4 is 10.0 Å². The number of sulfonamides is 1. The van der Waals surface area contributed by atoms with Gasteiger partial charge in [0.05, 0.1) is 4.75 Å². The van der Waals surface area contributed by atoms with E-state index in [2.05, 4.69) is 4.72 Å². The molecule has 0 bridgehead atoms. The average molecular weight is 248 g/mol. The molecule has 2 unspecified atom stereocenters. The molecule has 0 amide bonds. The quantitative estimate of drug-likeness (QED) is 0.725. The number of nitrogens with two attached hydrogens (primary N) is 1. The molecule has 1 saturated carbocycles. The second-order valence-corrected chi connectivity index (χ2v) is 8.11. The van der Waals surface area contributed by atoms with Crippen LogP contribution in [0, 0.1) is 0 Å². The van der Waals surface area contributed by atoms with Crippen molar-refractivity contribution in [3.8, 4) is 0 Å². The zero-order valence-corrected chi connectivity index (χ0v) is 11.3. The summed E-state index contributed by atoms with van der Waals surface area (Å²) in [5, 5.41) is 0. The summed E-state index contributed by atoms with van der Waals surface area (Å²) < 4.78 is 26.0. The van der Waals surface area contributed by atoms with Crippen LogP contribution in [0.1, 0.15) is 52.9 Å². The van der Waals surface area contributed by atoms with Gasteiger partial charge in [0.25, 0.3) is 0 Å². The fraction of sp³-hybridized carbons (Fsp3) is 1.00. The first-order chi connectivity index (χ1) is 7.24. The predicted octanol–water partition coefficient (Wildman–Crippen LogP) is 1.36. The Bertz CT molecular complexity index is 319. The number of rotatable bonds is 2. The largest absolute Gasteiger partial charge is 0.326 e. The van der Waals surface area contributed by atoms with Crippen molar-refractivity contribution in [3.63, 3.8) is 0 Å². The van der Waals surface area contributed by atoms with Gasteiger partial charge in [-0.25, -0.2) is 13.1 Å². The summed E-state index contributed by atoms with van der Waals surface area (Å²) in [6, 6.07) is -0.133. The molecule has 16 heavy (non-hydrogen) atoms. The summed E-state index contributed by atoms with van der Waals surface area (Å²) in [6.07, 6.45) is 5.09. The molecule has 0 aliphatic heterocycles. The smallest absolute Gasteiger partial charge is 0.216 e. The van der Waals surface area contributed by atoms with Gasteiger partial charge < -0.3 is 5.73 Å². The SMILES string of the molecule is CC(C)(C)S(=O)(=O)NC1CCCCCC1N. The van der Waals surface area contributed by atoms with Crippen molar-refractivity contribution in [2.24, 2.45) is 5.73 Å². The molecule has 1 fully saturated rings. The molecule has 0 heterocycles. The predicted molar refractivity (Wildman–Crippen MR) is 66.7 cm³/mol. The molecule has 3 N–H and O–H groups in total. The molecule has 4 nitrogen and oxygen atoms in total. The monoisotopic (exact) mass is 248 g/mol. The van der Waals surface area contributed by atoms with Gasteiger partial charge in [-0.1, -0.05) is 19.3 Å². The van der Waals surface area contributed by atoms with E-state index in [0.717, 1.165) is 32.1 Å². The Morgan fingerprint density at radius 2 is 1.69 bits per heavy atom. The van der Waals surface area contributed by atoms with E-state index in [9.17, 15) is 8.42 Å². The van der Waals surface area contributed by atoms with Gasteiger partial charge in [0.15, 0.2) is 0 Å². The van der Waals surface area contributed by atoms with Crippen LogP contribution in [-0.4, -0.2) is 25.2 Å². The molecule has 0 saturated heterocycles. The van der Waals surface area contributed by atoms with Crippen molar-refractivity contribution in [1.29, 1.82) is 0 Å². The maximum absolute atomic E-state index is 12.0. The summed E-state index contributed by atoms with van der Waals surface area (Å²) in [4.78, 5) is 0. The maximum atomic E-state index is 12.0. The Hall–Kier alpha value is -0.130. The zero-order valence-electron chi connectivity index (χ0n) is 10.5. The Kier molecular flexibility index (Phi) is 4.37. The first-order valence-corrected chi connectivity index (χ1v) is 7.50. The number of nitrogens with one attached hydrogen (secondary N) is 1. The van der Waals surface area contributed by atoms with Crippen molar-refractivity contribution in [3.05, 3.63) is 0 Å². The molecule has 0 radical (unpaired) electrons. The first kappa shape index (κ1) is 13.9. The van der Waals surface area contributed by atoms with E-state index in [-0.39, 0.29) is 12.1 Å². The molecular weight excluding hydrogens is 224 g/mol. The Balaban J connectivity index is 2.72. The summed E-state index contributed by atoms with van der Waals surface area (Å²) in [7, 11) is -3.28. The lowest BCUT2D eigenvalue weighted by molar-refractivity contribution is 0.447. The van der Waals surface area contributed by atoms with E-state index >= 15 is 0 Å². The molecule has 0 spiro atoms. The summed E-state index contributed by atoms with van der Waals surface area (Å²) >= 11 is 0. The van der Waals surface area contributed by atoms with Crippen LogP contribution in [-0.2, 0) is 10.0 Å². The molecule has 1 aliphatic carbocycles. The van der Waals surface area contributed by atoms with Crippen LogP contribution in [0.2, 0.25) is 0 Å². The summed E-state index contributed by atoms with van der Waals surface area (Å²) in [5.41, 5.74) is 6.00.